The Bertz CT molecular complexity index is 770. The van der Waals surface area contributed by atoms with E-state index in [-0.39, 0.29) is 24.3 Å². The third-order valence-electron chi connectivity index (χ3n) is 5.48. The van der Waals surface area contributed by atoms with Crippen LogP contribution in [0.3, 0.4) is 0 Å². The Hall–Kier alpha value is -1.89. The van der Waals surface area contributed by atoms with Crippen LogP contribution in [0, 0.1) is 5.92 Å². The van der Waals surface area contributed by atoms with Gasteiger partial charge >= 0.3 is 12.1 Å². The molecule has 0 radical (unpaired) electrons. The maximum atomic E-state index is 12.8. The van der Waals surface area contributed by atoms with Crippen molar-refractivity contribution in [2.45, 2.75) is 70.6 Å². The lowest BCUT2D eigenvalue weighted by Crippen LogP contribution is -2.48. The molecule has 2 aliphatic rings. The van der Waals surface area contributed by atoms with Crippen LogP contribution in [0.15, 0.2) is 28.7 Å². The molecular weight excluding hydrogens is 438 g/mol. The lowest BCUT2D eigenvalue weighted by Gasteiger charge is -2.34. The monoisotopic (exact) mass is 465 g/mol. The molecule has 1 heterocycles. The summed E-state index contributed by atoms with van der Waals surface area (Å²) >= 11 is 3.33. The SMILES string of the molecule is CC(C)(C)OC(=O)N1C2CCCCC2C[C@H]1C(=O)OCC(=O)c1ccc(Br)cc1. The number of benzene rings is 1. The standard InChI is InChI=1S/C22H28BrNO5/c1-22(2,3)29-21(27)24-17-7-5-4-6-15(17)12-18(24)20(26)28-13-19(25)14-8-10-16(23)11-9-14/h8-11,15,17-18H,4-7,12-13H2,1-3H3/t15?,17?,18-/m0/s1. The highest BCUT2D eigenvalue weighted by atomic mass is 79.9. The lowest BCUT2D eigenvalue weighted by atomic mass is 9.85. The molecule has 0 aromatic heterocycles. The summed E-state index contributed by atoms with van der Waals surface area (Å²) in [6.45, 7) is 5.09. The van der Waals surface area contributed by atoms with Crippen molar-refractivity contribution in [2.75, 3.05) is 6.61 Å². The molecule has 3 atom stereocenters. The van der Waals surface area contributed by atoms with Crippen molar-refractivity contribution >= 4 is 33.8 Å². The molecule has 29 heavy (non-hydrogen) atoms. The molecule has 2 unspecified atom stereocenters. The minimum Gasteiger partial charge on any atom is -0.456 e. The zero-order valence-corrected chi connectivity index (χ0v) is 18.7. The maximum Gasteiger partial charge on any atom is 0.411 e. The number of carbonyl (C=O) groups is 3. The molecule has 1 amide bonds. The number of halogens is 1. The summed E-state index contributed by atoms with van der Waals surface area (Å²) in [4.78, 5) is 39.6. The summed E-state index contributed by atoms with van der Waals surface area (Å²) in [6, 6.07) is 6.19. The van der Waals surface area contributed by atoms with E-state index in [9.17, 15) is 14.4 Å². The van der Waals surface area contributed by atoms with E-state index >= 15 is 0 Å². The smallest absolute Gasteiger partial charge is 0.411 e. The van der Waals surface area contributed by atoms with Crippen LogP contribution >= 0.6 is 15.9 Å². The highest BCUT2D eigenvalue weighted by Gasteiger charge is 2.49. The number of ketones is 1. The molecule has 0 bridgehead atoms. The van der Waals surface area contributed by atoms with Gasteiger partial charge in [0.15, 0.2) is 12.4 Å². The highest BCUT2D eigenvalue weighted by Crippen LogP contribution is 2.40. The van der Waals surface area contributed by atoms with Crippen LogP contribution < -0.4 is 0 Å². The zero-order chi connectivity index (χ0) is 21.2. The number of nitrogens with zero attached hydrogens (tertiary/aromatic N) is 1. The van der Waals surface area contributed by atoms with Gasteiger partial charge < -0.3 is 9.47 Å². The van der Waals surface area contributed by atoms with Crippen molar-refractivity contribution in [1.82, 2.24) is 4.90 Å². The largest absolute Gasteiger partial charge is 0.456 e. The summed E-state index contributed by atoms with van der Waals surface area (Å²) in [5.74, 6) is -0.531. The first-order valence-electron chi connectivity index (χ1n) is 10.1. The van der Waals surface area contributed by atoms with Gasteiger partial charge in [0, 0.05) is 16.1 Å². The Balaban J connectivity index is 1.68. The fourth-order valence-electron chi connectivity index (χ4n) is 4.20. The highest BCUT2D eigenvalue weighted by molar-refractivity contribution is 9.10. The minimum absolute atomic E-state index is 0.00155. The van der Waals surface area contributed by atoms with Gasteiger partial charge in [0.2, 0.25) is 0 Å². The van der Waals surface area contributed by atoms with Crippen LogP contribution in [0.4, 0.5) is 4.79 Å². The van der Waals surface area contributed by atoms with Crippen LogP contribution in [-0.2, 0) is 14.3 Å². The van der Waals surface area contributed by atoms with Crippen LogP contribution in [0.1, 0.15) is 63.2 Å². The minimum atomic E-state index is -0.698. The number of esters is 1. The first kappa shape index (κ1) is 21.8. The molecule has 1 aliphatic heterocycles. The molecule has 7 heteroatoms. The van der Waals surface area contributed by atoms with Crippen LogP contribution in [0.2, 0.25) is 0 Å². The van der Waals surface area contributed by atoms with Crippen molar-refractivity contribution in [1.29, 1.82) is 0 Å². The van der Waals surface area contributed by atoms with Gasteiger partial charge in [0.05, 0.1) is 0 Å². The van der Waals surface area contributed by atoms with E-state index in [0.29, 0.717) is 12.0 Å². The number of fused-ring (bicyclic) bond motifs is 1. The van der Waals surface area contributed by atoms with Crippen LogP contribution in [-0.4, -0.2) is 47.0 Å². The molecule has 158 valence electrons. The Morgan fingerprint density at radius 2 is 1.76 bits per heavy atom. The molecule has 2 fully saturated rings. The van der Waals surface area contributed by atoms with Gasteiger partial charge in [-0.3, -0.25) is 9.69 Å². The predicted molar refractivity (Wildman–Crippen MR) is 112 cm³/mol. The molecule has 0 N–H and O–H groups in total. The number of ether oxygens (including phenoxy) is 2. The molecule has 1 aliphatic carbocycles. The number of likely N-dealkylation sites (tertiary alicyclic amines) is 1. The van der Waals surface area contributed by atoms with Crippen molar-refractivity contribution in [2.24, 2.45) is 5.92 Å². The number of hydrogen-bond donors (Lipinski definition) is 0. The average molecular weight is 466 g/mol. The molecule has 0 spiro atoms. The number of hydrogen-bond acceptors (Lipinski definition) is 5. The number of carbonyl (C=O) groups excluding carboxylic acids is 3. The second kappa shape index (κ2) is 8.86. The lowest BCUT2D eigenvalue weighted by molar-refractivity contribution is -0.148. The van der Waals surface area contributed by atoms with Gasteiger partial charge in [0.25, 0.3) is 0 Å². The van der Waals surface area contributed by atoms with Gasteiger partial charge in [-0.1, -0.05) is 40.9 Å². The summed E-state index contributed by atoms with van der Waals surface area (Å²) in [5.41, 5.74) is -0.166. The van der Waals surface area contributed by atoms with Gasteiger partial charge in [-0.2, -0.15) is 0 Å². The Morgan fingerprint density at radius 1 is 1.10 bits per heavy atom. The third-order valence-corrected chi connectivity index (χ3v) is 6.00. The summed E-state index contributed by atoms with van der Waals surface area (Å²) in [6.07, 6.45) is 4.08. The number of Topliss-reactive ketones (excluding diaryl/α,β-unsaturated/α-hetero) is 1. The van der Waals surface area contributed by atoms with Crippen LogP contribution in [0.5, 0.6) is 0 Å². The summed E-state index contributed by atoms with van der Waals surface area (Å²) in [7, 11) is 0. The van der Waals surface area contributed by atoms with Gasteiger partial charge in [0.1, 0.15) is 11.6 Å². The van der Waals surface area contributed by atoms with Gasteiger partial charge in [-0.05, 0) is 58.1 Å². The maximum absolute atomic E-state index is 12.8. The van der Waals surface area contributed by atoms with Crippen LogP contribution in [0.25, 0.3) is 0 Å². The van der Waals surface area contributed by atoms with Crippen molar-refractivity contribution < 1.29 is 23.9 Å². The summed E-state index contributed by atoms with van der Waals surface area (Å²) in [5, 5.41) is 0. The quantitative estimate of drug-likeness (QED) is 0.473. The second-order valence-corrected chi connectivity index (χ2v) is 9.70. The first-order chi connectivity index (χ1) is 13.7. The van der Waals surface area contributed by atoms with Crippen molar-refractivity contribution in [3.05, 3.63) is 34.3 Å². The molecule has 1 saturated heterocycles. The molecule has 1 aromatic rings. The predicted octanol–water partition coefficient (Wildman–Crippen LogP) is 4.74. The van der Waals surface area contributed by atoms with E-state index in [0.717, 1.165) is 30.2 Å². The van der Waals surface area contributed by atoms with E-state index in [1.807, 2.05) is 20.8 Å². The third kappa shape index (κ3) is 5.38. The number of rotatable bonds is 4. The summed E-state index contributed by atoms with van der Waals surface area (Å²) < 4.78 is 11.8. The van der Waals surface area contributed by atoms with Crippen molar-refractivity contribution in [3.63, 3.8) is 0 Å². The molecule has 3 rings (SSSR count). The Kier molecular flexibility index (Phi) is 6.66. The Labute approximate surface area is 180 Å². The molecular formula is C22H28BrNO5. The van der Waals surface area contributed by atoms with Gasteiger partial charge in [-0.25, -0.2) is 9.59 Å². The molecule has 6 nitrogen and oxygen atoms in total. The fraction of sp³-hybridized carbons (Fsp3) is 0.591. The van der Waals surface area contributed by atoms with E-state index in [1.165, 1.54) is 0 Å². The van der Waals surface area contributed by atoms with Gasteiger partial charge in [-0.15, -0.1) is 0 Å². The fourth-order valence-corrected chi connectivity index (χ4v) is 4.46. The van der Waals surface area contributed by atoms with E-state index in [1.54, 1.807) is 29.2 Å². The molecule has 1 aromatic carbocycles. The van der Waals surface area contributed by atoms with E-state index in [2.05, 4.69) is 15.9 Å². The van der Waals surface area contributed by atoms with E-state index < -0.39 is 23.7 Å². The average Bonchev–Trinajstić information content (AvgIpc) is 3.05. The van der Waals surface area contributed by atoms with E-state index in [4.69, 9.17) is 9.47 Å². The second-order valence-electron chi connectivity index (χ2n) is 8.79. The zero-order valence-electron chi connectivity index (χ0n) is 17.2. The van der Waals surface area contributed by atoms with Crippen molar-refractivity contribution in [3.8, 4) is 0 Å². The topological polar surface area (TPSA) is 72.9 Å². The number of amides is 1. The Morgan fingerprint density at radius 3 is 2.41 bits per heavy atom. The molecule has 1 saturated carbocycles. The normalized spacial score (nSPS) is 24.0. The first-order valence-corrected chi connectivity index (χ1v) is 10.9.